The molecule has 0 radical (unpaired) electrons. The number of nitrogens with zero attached hydrogens (tertiary/aromatic N) is 1. The van der Waals surface area contributed by atoms with Gasteiger partial charge in [-0.15, -0.1) is 11.8 Å². The Kier molecular flexibility index (Phi) is 10.0. The first kappa shape index (κ1) is 27.9. The van der Waals surface area contributed by atoms with Gasteiger partial charge in [-0.1, -0.05) is 24.8 Å². The van der Waals surface area contributed by atoms with Crippen LogP contribution in [0.15, 0.2) is 70.7 Å². The van der Waals surface area contributed by atoms with Gasteiger partial charge in [-0.25, -0.2) is 8.78 Å². The summed E-state index contributed by atoms with van der Waals surface area (Å²) in [6.07, 6.45) is 14.4. The Labute approximate surface area is 228 Å². The SMILES string of the molecule is C=CNC(=NCC(OCC)C1=CCCCC=C1)c1cc(Oc2c(F)cc3c(c2SC)CCCN3)ccc1F. The van der Waals surface area contributed by atoms with Crippen molar-refractivity contribution in [2.75, 3.05) is 31.3 Å². The largest absolute Gasteiger partial charge is 0.453 e. The number of ether oxygens (including phenoxy) is 2. The molecule has 1 aliphatic heterocycles. The third kappa shape index (κ3) is 6.66. The van der Waals surface area contributed by atoms with Crippen LogP contribution in [0.25, 0.3) is 0 Å². The summed E-state index contributed by atoms with van der Waals surface area (Å²) in [6, 6.07) is 5.81. The molecule has 1 atom stereocenters. The van der Waals surface area contributed by atoms with E-state index >= 15 is 8.78 Å². The number of aliphatic imine (C=N–C) groups is 1. The molecule has 4 rings (SSSR count). The first-order chi connectivity index (χ1) is 18.5. The van der Waals surface area contributed by atoms with Gasteiger partial charge in [0.25, 0.3) is 0 Å². The van der Waals surface area contributed by atoms with Crippen molar-refractivity contribution in [3.05, 3.63) is 83.6 Å². The fourth-order valence-electron chi connectivity index (χ4n) is 4.69. The lowest BCUT2D eigenvalue weighted by Gasteiger charge is -2.23. The van der Waals surface area contributed by atoms with Crippen LogP contribution in [-0.2, 0) is 11.2 Å². The summed E-state index contributed by atoms with van der Waals surface area (Å²) >= 11 is 1.44. The first-order valence-electron chi connectivity index (χ1n) is 13.1. The molecule has 2 aliphatic rings. The summed E-state index contributed by atoms with van der Waals surface area (Å²) in [6.45, 7) is 7.32. The number of thioether (sulfide) groups is 1. The predicted octanol–water partition coefficient (Wildman–Crippen LogP) is 7.39. The summed E-state index contributed by atoms with van der Waals surface area (Å²) in [4.78, 5) is 5.43. The molecule has 5 nitrogen and oxygen atoms in total. The standard InChI is InChI=1S/C30H35F2N3O2S/c1-4-33-30(35-19-27(36-5-2)20-11-8-6-7-9-12-20)23-17-21(14-15-24(23)31)37-28-25(32)18-26-22(29(28)38-3)13-10-16-34-26/h4,8,11-12,14-15,17-18,27,34H,1,5-7,9-10,13,16,19H2,2-3H3,(H,33,35). The summed E-state index contributed by atoms with van der Waals surface area (Å²) in [5.74, 6) is -0.182. The summed E-state index contributed by atoms with van der Waals surface area (Å²) in [7, 11) is 0. The quantitative estimate of drug-likeness (QED) is 0.187. The van der Waals surface area contributed by atoms with E-state index in [1.807, 2.05) is 13.2 Å². The molecule has 1 heterocycles. The fourth-order valence-corrected chi connectivity index (χ4v) is 5.47. The van der Waals surface area contributed by atoms with Gasteiger partial charge in [0, 0.05) is 24.9 Å². The number of halogens is 2. The van der Waals surface area contributed by atoms with Crippen LogP contribution in [0.4, 0.5) is 14.5 Å². The molecule has 2 aromatic rings. The van der Waals surface area contributed by atoms with Crippen molar-refractivity contribution in [1.29, 1.82) is 0 Å². The zero-order valence-corrected chi connectivity index (χ0v) is 22.8. The van der Waals surface area contributed by atoms with E-state index in [1.54, 1.807) is 0 Å². The second kappa shape index (κ2) is 13.6. The molecule has 0 spiro atoms. The van der Waals surface area contributed by atoms with Crippen LogP contribution in [-0.4, -0.2) is 37.9 Å². The van der Waals surface area contributed by atoms with Gasteiger partial charge in [0.1, 0.15) is 23.5 Å². The molecular weight excluding hydrogens is 504 g/mol. The maximum absolute atomic E-state index is 15.1. The molecule has 2 N–H and O–H groups in total. The van der Waals surface area contributed by atoms with Gasteiger partial charge in [-0.2, -0.15) is 0 Å². The van der Waals surface area contributed by atoms with Crippen LogP contribution >= 0.6 is 11.8 Å². The monoisotopic (exact) mass is 539 g/mol. The average molecular weight is 540 g/mol. The lowest BCUT2D eigenvalue weighted by Crippen LogP contribution is -2.25. The molecule has 202 valence electrons. The third-order valence-corrected chi connectivity index (χ3v) is 7.33. The van der Waals surface area contributed by atoms with Crippen molar-refractivity contribution in [2.24, 2.45) is 4.99 Å². The minimum Gasteiger partial charge on any atom is -0.453 e. The average Bonchev–Trinajstić information content (AvgIpc) is 3.21. The summed E-state index contributed by atoms with van der Waals surface area (Å²) < 4.78 is 42.2. The van der Waals surface area contributed by atoms with E-state index in [-0.39, 0.29) is 17.4 Å². The lowest BCUT2D eigenvalue weighted by molar-refractivity contribution is 0.0966. The molecule has 1 unspecified atom stereocenters. The van der Waals surface area contributed by atoms with E-state index in [0.29, 0.717) is 24.7 Å². The maximum atomic E-state index is 15.1. The van der Waals surface area contributed by atoms with Crippen LogP contribution in [0.1, 0.15) is 43.7 Å². The smallest absolute Gasteiger partial charge is 0.177 e. The first-order valence-corrected chi connectivity index (χ1v) is 14.3. The van der Waals surface area contributed by atoms with Crippen molar-refractivity contribution in [1.82, 2.24) is 5.32 Å². The number of hydrogen-bond donors (Lipinski definition) is 2. The maximum Gasteiger partial charge on any atom is 0.177 e. The number of nitrogens with one attached hydrogen (secondary N) is 2. The van der Waals surface area contributed by atoms with Crippen molar-refractivity contribution in [2.45, 2.75) is 50.0 Å². The van der Waals surface area contributed by atoms with Crippen molar-refractivity contribution in [3.8, 4) is 11.5 Å². The van der Waals surface area contributed by atoms with Crippen LogP contribution < -0.4 is 15.4 Å². The number of anilines is 1. The highest BCUT2D eigenvalue weighted by molar-refractivity contribution is 7.98. The van der Waals surface area contributed by atoms with E-state index in [9.17, 15) is 0 Å². The van der Waals surface area contributed by atoms with Crippen molar-refractivity contribution < 1.29 is 18.3 Å². The van der Waals surface area contributed by atoms with Crippen LogP contribution in [0.5, 0.6) is 11.5 Å². The minimum atomic E-state index is -0.479. The Morgan fingerprint density at radius 3 is 2.89 bits per heavy atom. The predicted molar refractivity (Wildman–Crippen MR) is 153 cm³/mol. The molecule has 38 heavy (non-hydrogen) atoms. The molecule has 0 saturated heterocycles. The van der Waals surface area contributed by atoms with Crippen LogP contribution in [0.3, 0.4) is 0 Å². The highest BCUT2D eigenvalue weighted by Crippen LogP contribution is 2.42. The Balaban J connectivity index is 1.64. The van der Waals surface area contributed by atoms with E-state index in [4.69, 9.17) is 9.47 Å². The van der Waals surface area contributed by atoms with Gasteiger partial charge in [-0.3, -0.25) is 4.99 Å². The Morgan fingerprint density at radius 1 is 1.24 bits per heavy atom. The number of hydrogen-bond acceptors (Lipinski definition) is 5. The number of amidine groups is 1. The van der Waals surface area contributed by atoms with Gasteiger partial charge in [0.2, 0.25) is 0 Å². The lowest BCUT2D eigenvalue weighted by atomic mass is 10.0. The molecule has 2 aromatic carbocycles. The molecule has 0 amide bonds. The minimum absolute atomic E-state index is 0.149. The zero-order valence-electron chi connectivity index (χ0n) is 22.0. The molecule has 0 fully saturated rings. The second-order valence-corrected chi connectivity index (χ2v) is 9.86. The Hall–Kier alpha value is -3.10. The Bertz CT molecular complexity index is 1240. The molecule has 1 aliphatic carbocycles. The molecule has 0 bridgehead atoms. The van der Waals surface area contributed by atoms with Gasteiger partial charge in [0.05, 0.1) is 17.0 Å². The normalized spacial score (nSPS) is 16.1. The van der Waals surface area contributed by atoms with E-state index < -0.39 is 11.6 Å². The van der Waals surface area contributed by atoms with Crippen molar-refractivity contribution >= 4 is 23.3 Å². The number of allylic oxidation sites excluding steroid dienone is 2. The molecule has 0 aromatic heterocycles. The number of rotatable bonds is 10. The van der Waals surface area contributed by atoms with E-state index in [0.717, 1.165) is 60.4 Å². The summed E-state index contributed by atoms with van der Waals surface area (Å²) in [5, 5.41) is 6.22. The number of fused-ring (bicyclic) bond motifs is 1. The van der Waals surface area contributed by atoms with Crippen molar-refractivity contribution in [3.63, 3.8) is 0 Å². The summed E-state index contributed by atoms with van der Waals surface area (Å²) in [5.41, 5.74) is 3.12. The highest BCUT2D eigenvalue weighted by atomic mass is 32.2. The van der Waals surface area contributed by atoms with E-state index in [1.165, 1.54) is 42.2 Å². The number of benzene rings is 2. The topological polar surface area (TPSA) is 54.9 Å². The van der Waals surface area contributed by atoms with Gasteiger partial charge in [-0.05, 0) is 80.8 Å². The highest BCUT2D eigenvalue weighted by Gasteiger charge is 2.22. The van der Waals surface area contributed by atoms with Crippen LogP contribution in [0.2, 0.25) is 0 Å². The molecular formula is C30H35F2N3O2S. The zero-order chi connectivity index (χ0) is 26.9. The van der Waals surface area contributed by atoms with Gasteiger partial charge >= 0.3 is 0 Å². The van der Waals surface area contributed by atoms with Gasteiger partial charge < -0.3 is 20.1 Å². The van der Waals surface area contributed by atoms with Crippen LogP contribution in [0, 0.1) is 11.6 Å². The third-order valence-electron chi connectivity index (χ3n) is 6.49. The second-order valence-electron chi connectivity index (χ2n) is 9.04. The van der Waals surface area contributed by atoms with E-state index in [2.05, 4.69) is 40.4 Å². The van der Waals surface area contributed by atoms with Gasteiger partial charge in [0.15, 0.2) is 11.6 Å². The molecule has 8 heteroatoms. The fraction of sp³-hybridized carbons (Fsp3) is 0.367. The molecule has 0 saturated carbocycles. The Morgan fingerprint density at radius 2 is 2.11 bits per heavy atom.